The van der Waals surface area contributed by atoms with Crippen molar-refractivity contribution in [1.29, 1.82) is 0 Å². The second-order valence-corrected chi connectivity index (χ2v) is 6.65. The molecule has 1 aromatic carbocycles. The number of aromatic nitrogens is 1. The SMILES string of the molecule is O=C(NCCc1ccc(Cl)cc1)C1(C(=O)NCc2ccccn2)CC1. The Morgan fingerprint density at radius 3 is 2.40 bits per heavy atom. The molecule has 0 saturated heterocycles. The first-order chi connectivity index (χ1) is 12.1. The van der Waals surface area contributed by atoms with Gasteiger partial charge in [-0.05, 0) is 49.1 Å². The second-order valence-electron chi connectivity index (χ2n) is 6.22. The summed E-state index contributed by atoms with van der Waals surface area (Å²) in [6.45, 7) is 0.829. The molecule has 3 rings (SSSR count). The van der Waals surface area contributed by atoms with Gasteiger partial charge in [-0.2, -0.15) is 0 Å². The van der Waals surface area contributed by atoms with E-state index in [1.165, 1.54) is 0 Å². The molecule has 0 bridgehead atoms. The molecule has 2 amide bonds. The molecule has 0 radical (unpaired) electrons. The lowest BCUT2D eigenvalue weighted by molar-refractivity contribution is -0.137. The fourth-order valence-corrected chi connectivity index (χ4v) is 2.79. The van der Waals surface area contributed by atoms with E-state index >= 15 is 0 Å². The highest BCUT2D eigenvalue weighted by Gasteiger charge is 2.56. The average molecular weight is 358 g/mol. The molecule has 1 aromatic heterocycles. The molecular formula is C19H20ClN3O2. The largest absolute Gasteiger partial charge is 0.355 e. The normalized spacial score (nSPS) is 14.6. The van der Waals surface area contributed by atoms with Crippen LogP contribution in [0.2, 0.25) is 5.02 Å². The van der Waals surface area contributed by atoms with Crippen LogP contribution in [0.5, 0.6) is 0 Å². The Bertz CT molecular complexity index is 743. The van der Waals surface area contributed by atoms with Crippen LogP contribution in [0.1, 0.15) is 24.1 Å². The number of carbonyl (C=O) groups excluding carboxylic acids is 2. The first-order valence-corrected chi connectivity index (χ1v) is 8.69. The zero-order chi connectivity index (χ0) is 17.7. The van der Waals surface area contributed by atoms with E-state index in [4.69, 9.17) is 11.6 Å². The van der Waals surface area contributed by atoms with E-state index in [2.05, 4.69) is 15.6 Å². The molecule has 5 nitrogen and oxygen atoms in total. The fraction of sp³-hybridized carbons (Fsp3) is 0.316. The van der Waals surface area contributed by atoms with Gasteiger partial charge < -0.3 is 10.6 Å². The number of benzene rings is 1. The number of rotatable bonds is 7. The smallest absolute Gasteiger partial charge is 0.236 e. The maximum Gasteiger partial charge on any atom is 0.236 e. The van der Waals surface area contributed by atoms with E-state index in [9.17, 15) is 9.59 Å². The minimum atomic E-state index is -0.908. The van der Waals surface area contributed by atoms with Crippen LogP contribution in [0.3, 0.4) is 0 Å². The molecule has 0 aliphatic heterocycles. The zero-order valence-corrected chi connectivity index (χ0v) is 14.6. The van der Waals surface area contributed by atoms with Gasteiger partial charge in [-0.3, -0.25) is 14.6 Å². The second kappa shape index (κ2) is 7.66. The number of amides is 2. The summed E-state index contributed by atoms with van der Waals surface area (Å²) < 4.78 is 0. The molecule has 1 fully saturated rings. The Balaban J connectivity index is 1.47. The molecule has 1 saturated carbocycles. The molecule has 1 aliphatic carbocycles. The Morgan fingerprint density at radius 1 is 1.04 bits per heavy atom. The van der Waals surface area contributed by atoms with Crippen LogP contribution >= 0.6 is 11.6 Å². The van der Waals surface area contributed by atoms with Gasteiger partial charge in [0.25, 0.3) is 0 Å². The van der Waals surface area contributed by atoms with Crippen molar-refractivity contribution in [2.75, 3.05) is 6.54 Å². The van der Waals surface area contributed by atoms with Crippen LogP contribution in [0.4, 0.5) is 0 Å². The quantitative estimate of drug-likeness (QED) is 0.748. The van der Waals surface area contributed by atoms with Gasteiger partial charge in [-0.1, -0.05) is 29.8 Å². The van der Waals surface area contributed by atoms with Crippen LogP contribution < -0.4 is 10.6 Å². The van der Waals surface area contributed by atoms with E-state index < -0.39 is 5.41 Å². The average Bonchev–Trinajstić information content (AvgIpc) is 3.44. The Hall–Kier alpha value is -2.40. The summed E-state index contributed by atoms with van der Waals surface area (Å²) in [6.07, 6.45) is 3.56. The van der Waals surface area contributed by atoms with Gasteiger partial charge in [-0.25, -0.2) is 0 Å². The molecule has 130 valence electrons. The van der Waals surface area contributed by atoms with E-state index in [1.807, 2.05) is 42.5 Å². The molecule has 0 spiro atoms. The molecule has 25 heavy (non-hydrogen) atoms. The predicted molar refractivity (Wildman–Crippen MR) is 95.9 cm³/mol. The topological polar surface area (TPSA) is 71.1 Å². The standard InChI is InChI=1S/C19H20ClN3O2/c20-15-6-4-14(5-7-15)8-12-22-17(24)19(9-10-19)18(25)23-13-16-3-1-2-11-21-16/h1-7,11H,8-10,12-13H2,(H,22,24)(H,23,25). The summed E-state index contributed by atoms with van der Waals surface area (Å²) in [5.74, 6) is -0.415. The molecule has 1 heterocycles. The summed E-state index contributed by atoms with van der Waals surface area (Å²) in [7, 11) is 0. The molecule has 6 heteroatoms. The van der Waals surface area contributed by atoms with Crippen LogP contribution in [0.25, 0.3) is 0 Å². The number of halogens is 1. The van der Waals surface area contributed by atoms with Gasteiger partial charge in [0.05, 0.1) is 12.2 Å². The molecule has 1 aliphatic rings. The maximum absolute atomic E-state index is 12.4. The number of carbonyl (C=O) groups is 2. The summed E-state index contributed by atoms with van der Waals surface area (Å²) in [5.41, 5.74) is 0.957. The van der Waals surface area contributed by atoms with Crippen molar-refractivity contribution in [3.63, 3.8) is 0 Å². The zero-order valence-electron chi connectivity index (χ0n) is 13.8. The summed E-state index contributed by atoms with van der Waals surface area (Å²) in [5, 5.41) is 6.39. The van der Waals surface area contributed by atoms with Crippen molar-refractivity contribution in [3.8, 4) is 0 Å². The van der Waals surface area contributed by atoms with E-state index in [1.54, 1.807) is 6.20 Å². The van der Waals surface area contributed by atoms with Gasteiger partial charge >= 0.3 is 0 Å². The van der Waals surface area contributed by atoms with Crippen LogP contribution in [-0.4, -0.2) is 23.3 Å². The van der Waals surface area contributed by atoms with Crippen molar-refractivity contribution < 1.29 is 9.59 Å². The number of hydrogen-bond acceptors (Lipinski definition) is 3. The maximum atomic E-state index is 12.4. The van der Waals surface area contributed by atoms with Crippen molar-refractivity contribution in [3.05, 3.63) is 64.9 Å². The lowest BCUT2D eigenvalue weighted by Crippen LogP contribution is -2.43. The summed E-state index contributed by atoms with van der Waals surface area (Å²) in [4.78, 5) is 29.0. The highest BCUT2D eigenvalue weighted by molar-refractivity contribution is 6.30. The van der Waals surface area contributed by atoms with Crippen molar-refractivity contribution in [2.24, 2.45) is 5.41 Å². The highest BCUT2D eigenvalue weighted by atomic mass is 35.5. The predicted octanol–water partition coefficient (Wildman–Crippen LogP) is 2.49. The van der Waals surface area contributed by atoms with Gasteiger partial charge in [0.2, 0.25) is 11.8 Å². The fourth-order valence-electron chi connectivity index (χ4n) is 2.67. The minimum absolute atomic E-state index is 0.194. The first kappa shape index (κ1) is 17.4. The summed E-state index contributed by atoms with van der Waals surface area (Å²) in [6, 6.07) is 13.0. The molecule has 0 atom stereocenters. The third-order valence-electron chi connectivity index (χ3n) is 4.39. The Labute approximate surface area is 151 Å². The van der Waals surface area contributed by atoms with E-state index in [0.717, 1.165) is 11.3 Å². The van der Waals surface area contributed by atoms with Crippen LogP contribution in [0.15, 0.2) is 48.7 Å². The minimum Gasteiger partial charge on any atom is -0.355 e. The first-order valence-electron chi connectivity index (χ1n) is 8.31. The van der Waals surface area contributed by atoms with Gasteiger partial charge in [0.1, 0.15) is 5.41 Å². The third-order valence-corrected chi connectivity index (χ3v) is 4.64. The lowest BCUT2D eigenvalue weighted by atomic mass is 10.0. The molecule has 2 N–H and O–H groups in total. The van der Waals surface area contributed by atoms with Crippen LogP contribution in [-0.2, 0) is 22.6 Å². The summed E-state index contributed by atoms with van der Waals surface area (Å²) >= 11 is 5.85. The van der Waals surface area contributed by atoms with Gasteiger partial charge in [0, 0.05) is 17.8 Å². The van der Waals surface area contributed by atoms with Crippen molar-refractivity contribution >= 4 is 23.4 Å². The van der Waals surface area contributed by atoms with Crippen molar-refractivity contribution in [2.45, 2.75) is 25.8 Å². The number of nitrogens with one attached hydrogen (secondary N) is 2. The number of nitrogens with zero attached hydrogens (tertiary/aromatic N) is 1. The third kappa shape index (κ3) is 4.37. The Kier molecular flexibility index (Phi) is 5.34. The molecule has 0 unspecified atom stereocenters. The monoisotopic (exact) mass is 357 g/mol. The molecular weight excluding hydrogens is 338 g/mol. The van der Waals surface area contributed by atoms with Crippen LogP contribution in [0, 0.1) is 5.41 Å². The number of pyridine rings is 1. The van der Waals surface area contributed by atoms with Crippen molar-refractivity contribution in [1.82, 2.24) is 15.6 Å². The van der Waals surface area contributed by atoms with E-state index in [0.29, 0.717) is 37.4 Å². The number of hydrogen-bond donors (Lipinski definition) is 2. The van der Waals surface area contributed by atoms with Gasteiger partial charge in [0.15, 0.2) is 0 Å². The lowest BCUT2D eigenvalue weighted by Gasteiger charge is -2.15. The Morgan fingerprint density at radius 2 is 1.76 bits per heavy atom. The molecule has 2 aromatic rings. The highest BCUT2D eigenvalue weighted by Crippen LogP contribution is 2.46. The van der Waals surface area contributed by atoms with E-state index in [-0.39, 0.29) is 11.8 Å². The van der Waals surface area contributed by atoms with Gasteiger partial charge in [-0.15, -0.1) is 0 Å².